The maximum Gasteiger partial charge on any atom is 0.247 e. The van der Waals surface area contributed by atoms with Gasteiger partial charge in [0.15, 0.2) is 5.65 Å². The highest BCUT2D eigenvalue weighted by molar-refractivity contribution is 5.65. The lowest BCUT2D eigenvalue weighted by atomic mass is 10.1. The molecule has 2 aromatic heterocycles. The molecule has 4 rings (SSSR count). The highest BCUT2D eigenvalue weighted by atomic mass is 16.5. The average Bonchev–Trinajstić information content (AvgIpc) is 3.11. The number of hydrogen-bond acceptors (Lipinski definition) is 5. The van der Waals surface area contributed by atoms with Crippen LogP contribution in [0.15, 0.2) is 66.7 Å². The molecule has 0 aliphatic carbocycles. The Hall–Kier alpha value is -3.38. The molecule has 6 heteroatoms. The van der Waals surface area contributed by atoms with Crippen LogP contribution in [0.5, 0.6) is 5.75 Å². The van der Waals surface area contributed by atoms with Gasteiger partial charge in [-0.25, -0.2) is 4.52 Å². The molecule has 0 fully saturated rings. The molecule has 2 N–H and O–H groups in total. The number of aromatic nitrogens is 3. The molecular formula is C20H18N4O2. The van der Waals surface area contributed by atoms with E-state index in [1.165, 1.54) is 0 Å². The number of methoxy groups -OCH3 is 1. The Morgan fingerprint density at radius 3 is 2.46 bits per heavy atom. The number of nitrogens with one attached hydrogen (secondary N) is 1. The van der Waals surface area contributed by atoms with E-state index in [1.807, 2.05) is 71.2 Å². The normalized spacial score (nSPS) is 10.8. The van der Waals surface area contributed by atoms with Gasteiger partial charge in [0, 0.05) is 11.3 Å². The number of ether oxygens (including phenoxy) is 1. The molecule has 0 aliphatic rings. The van der Waals surface area contributed by atoms with Crippen LogP contribution in [0, 0.1) is 0 Å². The molecule has 0 bridgehead atoms. The zero-order valence-electron chi connectivity index (χ0n) is 14.3. The Morgan fingerprint density at radius 1 is 1.00 bits per heavy atom. The Kier molecular flexibility index (Phi) is 4.25. The number of rotatable bonds is 5. The first-order chi connectivity index (χ1) is 12.8. The van der Waals surface area contributed by atoms with Gasteiger partial charge in [0.1, 0.15) is 5.75 Å². The van der Waals surface area contributed by atoms with Crippen LogP contribution in [0.1, 0.15) is 5.56 Å². The first-order valence-corrected chi connectivity index (χ1v) is 8.24. The number of anilines is 2. The standard InChI is InChI=1S/C20H18N4O2/c1-26-17-11-7-15(8-12-17)18-3-2-4-19-22-20(23-24(18)19)21-16-9-5-14(13-25)6-10-16/h2-12,25H,13H2,1H3,(H,21,23). The summed E-state index contributed by atoms with van der Waals surface area (Å²) in [5.74, 6) is 1.33. The third-order valence-electron chi connectivity index (χ3n) is 4.14. The summed E-state index contributed by atoms with van der Waals surface area (Å²) in [6, 6.07) is 21.2. The van der Waals surface area contributed by atoms with E-state index >= 15 is 0 Å². The van der Waals surface area contributed by atoms with Crippen molar-refractivity contribution in [2.24, 2.45) is 0 Å². The summed E-state index contributed by atoms with van der Waals surface area (Å²) in [7, 11) is 1.65. The maximum atomic E-state index is 9.13. The minimum absolute atomic E-state index is 0.0259. The van der Waals surface area contributed by atoms with E-state index in [-0.39, 0.29) is 6.61 Å². The molecule has 0 spiro atoms. The Morgan fingerprint density at radius 2 is 1.77 bits per heavy atom. The molecule has 0 amide bonds. The first-order valence-electron chi connectivity index (χ1n) is 8.24. The lowest BCUT2D eigenvalue weighted by Crippen LogP contribution is -1.96. The molecule has 0 atom stereocenters. The maximum absolute atomic E-state index is 9.13. The van der Waals surface area contributed by atoms with Crippen molar-refractivity contribution < 1.29 is 9.84 Å². The van der Waals surface area contributed by atoms with Crippen molar-refractivity contribution in [1.29, 1.82) is 0 Å². The van der Waals surface area contributed by atoms with Crippen LogP contribution < -0.4 is 10.1 Å². The van der Waals surface area contributed by atoms with Gasteiger partial charge in [0.05, 0.1) is 19.4 Å². The minimum Gasteiger partial charge on any atom is -0.497 e. The highest BCUT2D eigenvalue weighted by Gasteiger charge is 2.09. The molecule has 4 aromatic rings. The van der Waals surface area contributed by atoms with Crippen LogP contribution in [0.4, 0.5) is 11.6 Å². The summed E-state index contributed by atoms with van der Waals surface area (Å²) < 4.78 is 7.03. The second kappa shape index (κ2) is 6.85. The summed E-state index contributed by atoms with van der Waals surface area (Å²) in [5, 5.41) is 16.9. The fraction of sp³-hybridized carbons (Fsp3) is 0.100. The van der Waals surface area contributed by atoms with E-state index in [1.54, 1.807) is 7.11 Å². The second-order valence-corrected chi connectivity index (χ2v) is 5.82. The van der Waals surface area contributed by atoms with Gasteiger partial charge in [-0.15, -0.1) is 5.10 Å². The quantitative estimate of drug-likeness (QED) is 0.577. The SMILES string of the molecule is COc1ccc(-c2cccc3nc(Nc4ccc(CO)cc4)nn23)cc1. The molecule has 0 saturated heterocycles. The molecule has 0 aliphatic heterocycles. The van der Waals surface area contributed by atoms with Crippen molar-refractivity contribution in [3.8, 4) is 17.0 Å². The van der Waals surface area contributed by atoms with Gasteiger partial charge in [-0.3, -0.25) is 0 Å². The Labute approximate surface area is 150 Å². The van der Waals surface area contributed by atoms with E-state index in [0.717, 1.165) is 33.9 Å². The number of aliphatic hydroxyl groups excluding tert-OH is 1. The average molecular weight is 346 g/mol. The van der Waals surface area contributed by atoms with Gasteiger partial charge in [-0.05, 0) is 54.1 Å². The van der Waals surface area contributed by atoms with E-state index in [9.17, 15) is 0 Å². The predicted molar refractivity (Wildman–Crippen MR) is 101 cm³/mol. The van der Waals surface area contributed by atoms with Gasteiger partial charge in [-0.2, -0.15) is 4.98 Å². The van der Waals surface area contributed by atoms with Crippen molar-refractivity contribution in [1.82, 2.24) is 14.6 Å². The number of benzene rings is 2. The summed E-state index contributed by atoms with van der Waals surface area (Å²) in [6.07, 6.45) is 0. The number of pyridine rings is 1. The lowest BCUT2D eigenvalue weighted by Gasteiger charge is -2.05. The molecule has 0 saturated carbocycles. The van der Waals surface area contributed by atoms with E-state index < -0.39 is 0 Å². The summed E-state index contributed by atoms with van der Waals surface area (Å²) in [5.41, 5.74) is 4.46. The second-order valence-electron chi connectivity index (χ2n) is 5.82. The number of hydrogen-bond donors (Lipinski definition) is 2. The van der Waals surface area contributed by atoms with Crippen molar-refractivity contribution in [2.75, 3.05) is 12.4 Å². The molecule has 0 unspecified atom stereocenters. The zero-order valence-corrected chi connectivity index (χ0v) is 14.3. The molecule has 6 nitrogen and oxygen atoms in total. The summed E-state index contributed by atoms with van der Waals surface area (Å²) in [6.45, 7) is 0.0259. The molecule has 26 heavy (non-hydrogen) atoms. The fourth-order valence-electron chi connectivity index (χ4n) is 2.76. The molecule has 2 heterocycles. The number of nitrogens with zero attached hydrogens (tertiary/aromatic N) is 3. The molecule has 130 valence electrons. The predicted octanol–water partition coefficient (Wildman–Crippen LogP) is 3.64. The van der Waals surface area contributed by atoms with Gasteiger partial charge < -0.3 is 15.2 Å². The molecule has 0 radical (unpaired) electrons. The topological polar surface area (TPSA) is 71.7 Å². The van der Waals surface area contributed by atoms with Crippen molar-refractivity contribution >= 4 is 17.3 Å². The van der Waals surface area contributed by atoms with E-state index in [0.29, 0.717) is 5.95 Å². The third kappa shape index (κ3) is 3.10. The zero-order chi connectivity index (χ0) is 17.9. The minimum atomic E-state index is 0.0259. The van der Waals surface area contributed by atoms with Crippen LogP contribution >= 0.6 is 0 Å². The summed E-state index contributed by atoms with van der Waals surface area (Å²) >= 11 is 0. The first kappa shape index (κ1) is 16.1. The van der Waals surface area contributed by atoms with Gasteiger partial charge in [0.25, 0.3) is 0 Å². The van der Waals surface area contributed by atoms with E-state index in [4.69, 9.17) is 9.84 Å². The highest BCUT2D eigenvalue weighted by Crippen LogP contribution is 2.24. The Bertz CT molecular complexity index is 1020. The van der Waals surface area contributed by atoms with Crippen molar-refractivity contribution in [2.45, 2.75) is 6.61 Å². The van der Waals surface area contributed by atoms with Gasteiger partial charge >= 0.3 is 0 Å². The van der Waals surface area contributed by atoms with Gasteiger partial charge in [0.2, 0.25) is 5.95 Å². The third-order valence-corrected chi connectivity index (χ3v) is 4.14. The number of aliphatic hydroxyl groups is 1. The Balaban J connectivity index is 1.68. The van der Waals surface area contributed by atoms with Crippen LogP contribution in [0.2, 0.25) is 0 Å². The number of fused-ring (bicyclic) bond motifs is 1. The van der Waals surface area contributed by atoms with Gasteiger partial charge in [-0.1, -0.05) is 18.2 Å². The fourth-order valence-corrected chi connectivity index (χ4v) is 2.76. The van der Waals surface area contributed by atoms with Crippen molar-refractivity contribution in [3.63, 3.8) is 0 Å². The smallest absolute Gasteiger partial charge is 0.247 e. The summed E-state index contributed by atoms with van der Waals surface area (Å²) in [4.78, 5) is 4.54. The van der Waals surface area contributed by atoms with Crippen molar-refractivity contribution in [3.05, 3.63) is 72.3 Å². The van der Waals surface area contributed by atoms with Crippen LogP contribution in [0.3, 0.4) is 0 Å². The van der Waals surface area contributed by atoms with Crippen LogP contribution in [-0.4, -0.2) is 26.8 Å². The van der Waals surface area contributed by atoms with E-state index in [2.05, 4.69) is 15.4 Å². The van der Waals surface area contributed by atoms with Crippen LogP contribution in [0.25, 0.3) is 16.9 Å². The lowest BCUT2D eigenvalue weighted by molar-refractivity contribution is 0.282. The molecule has 2 aromatic carbocycles. The largest absolute Gasteiger partial charge is 0.497 e. The van der Waals surface area contributed by atoms with Crippen LogP contribution in [-0.2, 0) is 6.61 Å². The molecular weight excluding hydrogens is 328 g/mol. The monoisotopic (exact) mass is 346 g/mol.